The van der Waals surface area contributed by atoms with Crippen LogP contribution in [-0.2, 0) is 0 Å². The number of H-pyrrole nitrogens is 1. The predicted molar refractivity (Wildman–Crippen MR) is 49.4 cm³/mol. The molecule has 1 aliphatic rings. The van der Waals surface area contributed by atoms with Crippen LogP contribution in [0.4, 0.5) is 0 Å². The maximum absolute atomic E-state index is 11.2. The van der Waals surface area contributed by atoms with Gasteiger partial charge in [0.15, 0.2) is 0 Å². The minimum absolute atomic E-state index is 0.0933. The van der Waals surface area contributed by atoms with Gasteiger partial charge in [-0.05, 0) is 19.8 Å². The molecule has 0 bridgehead atoms. The lowest BCUT2D eigenvalue weighted by Gasteiger charge is -2.05. The van der Waals surface area contributed by atoms with Gasteiger partial charge in [-0.15, -0.1) is 0 Å². The third kappa shape index (κ3) is 1.78. The van der Waals surface area contributed by atoms with E-state index in [1.807, 2.05) is 6.92 Å². The fourth-order valence-electron chi connectivity index (χ4n) is 1.30. The van der Waals surface area contributed by atoms with E-state index >= 15 is 0 Å². The van der Waals surface area contributed by atoms with Gasteiger partial charge in [-0.2, -0.15) is 0 Å². The first-order valence-electron chi connectivity index (χ1n) is 4.53. The standard InChI is InChI=1S/C9H13N3O/c1-5(10)9-11-7(6-2-3-6)4-8(13)12-9/h4-6H,2-3,10H2,1H3,(H,11,12,13). The molecule has 0 radical (unpaired) electrons. The molecule has 1 unspecified atom stereocenters. The monoisotopic (exact) mass is 179 g/mol. The van der Waals surface area contributed by atoms with Crippen LogP contribution in [0.2, 0.25) is 0 Å². The minimum Gasteiger partial charge on any atom is -0.322 e. The Kier molecular flexibility index (Phi) is 1.92. The summed E-state index contributed by atoms with van der Waals surface area (Å²) in [4.78, 5) is 18.1. The zero-order valence-corrected chi connectivity index (χ0v) is 7.58. The van der Waals surface area contributed by atoms with E-state index in [1.54, 1.807) is 6.07 Å². The average Bonchev–Trinajstić information content (AvgIpc) is 2.85. The Hall–Kier alpha value is -1.16. The quantitative estimate of drug-likeness (QED) is 0.700. The van der Waals surface area contributed by atoms with Gasteiger partial charge in [-0.25, -0.2) is 4.98 Å². The van der Waals surface area contributed by atoms with Crippen molar-refractivity contribution in [1.29, 1.82) is 0 Å². The van der Waals surface area contributed by atoms with Gasteiger partial charge >= 0.3 is 0 Å². The summed E-state index contributed by atoms with van der Waals surface area (Å²) in [7, 11) is 0. The van der Waals surface area contributed by atoms with Gasteiger partial charge in [0.1, 0.15) is 5.82 Å². The normalized spacial score (nSPS) is 18.6. The van der Waals surface area contributed by atoms with Crippen LogP contribution in [0.3, 0.4) is 0 Å². The topological polar surface area (TPSA) is 71.8 Å². The minimum atomic E-state index is -0.202. The largest absolute Gasteiger partial charge is 0.322 e. The van der Waals surface area contributed by atoms with Gasteiger partial charge in [-0.1, -0.05) is 0 Å². The maximum Gasteiger partial charge on any atom is 0.251 e. The van der Waals surface area contributed by atoms with Crippen molar-refractivity contribution in [2.75, 3.05) is 0 Å². The van der Waals surface area contributed by atoms with Gasteiger partial charge < -0.3 is 10.7 Å². The molecular formula is C9H13N3O. The number of nitrogens with one attached hydrogen (secondary N) is 1. The molecule has 0 aromatic carbocycles. The zero-order valence-electron chi connectivity index (χ0n) is 7.58. The predicted octanol–water partition coefficient (Wildman–Crippen LogP) is 0.667. The maximum atomic E-state index is 11.2. The summed E-state index contributed by atoms with van der Waals surface area (Å²) < 4.78 is 0. The number of nitrogens with two attached hydrogens (primary N) is 1. The van der Waals surface area contributed by atoms with E-state index in [0.717, 1.165) is 18.5 Å². The highest BCUT2D eigenvalue weighted by Crippen LogP contribution is 2.38. The van der Waals surface area contributed by atoms with Gasteiger partial charge in [0.05, 0.1) is 11.7 Å². The summed E-state index contributed by atoms with van der Waals surface area (Å²) >= 11 is 0. The van der Waals surface area contributed by atoms with E-state index in [9.17, 15) is 4.79 Å². The molecule has 0 aliphatic heterocycles. The zero-order chi connectivity index (χ0) is 9.42. The molecule has 1 fully saturated rings. The van der Waals surface area contributed by atoms with Gasteiger partial charge in [0, 0.05) is 12.0 Å². The lowest BCUT2D eigenvalue weighted by molar-refractivity contribution is 0.719. The van der Waals surface area contributed by atoms with Crippen LogP contribution in [0.15, 0.2) is 10.9 Å². The van der Waals surface area contributed by atoms with Gasteiger partial charge in [0.2, 0.25) is 0 Å². The van der Waals surface area contributed by atoms with Crippen molar-refractivity contribution in [2.45, 2.75) is 31.7 Å². The Bertz CT molecular complexity index is 342. The Labute approximate surface area is 76.2 Å². The molecule has 1 aromatic heterocycles. The van der Waals surface area contributed by atoms with Crippen molar-refractivity contribution in [3.8, 4) is 0 Å². The molecule has 1 aromatic rings. The number of aromatic amines is 1. The molecular weight excluding hydrogens is 166 g/mol. The van der Waals surface area contributed by atoms with Crippen LogP contribution in [0, 0.1) is 0 Å². The first-order chi connectivity index (χ1) is 6.16. The summed E-state index contributed by atoms with van der Waals surface area (Å²) in [6.45, 7) is 1.81. The number of nitrogens with zero attached hydrogens (tertiary/aromatic N) is 1. The van der Waals surface area contributed by atoms with Crippen molar-refractivity contribution in [1.82, 2.24) is 9.97 Å². The summed E-state index contributed by atoms with van der Waals surface area (Å²) in [6, 6.07) is 1.37. The molecule has 3 N–H and O–H groups in total. The Morgan fingerprint density at radius 1 is 1.69 bits per heavy atom. The second-order valence-corrected chi connectivity index (χ2v) is 3.62. The SMILES string of the molecule is CC(N)c1nc(C2CC2)cc(=O)[nH]1. The Morgan fingerprint density at radius 3 is 2.92 bits per heavy atom. The van der Waals surface area contributed by atoms with Crippen LogP contribution in [0.25, 0.3) is 0 Å². The van der Waals surface area contributed by atoms with Crippen LogP contribution >= 0.6 is 0 Å². The number of hydrogen-bond acceptors (Lipinski definition) is 3. The van der Waals surface area contributed by atoms with Crippen molar-refractivity contribution >= 4 is 0 Å². The lowest BCUT2D eigenvalue weighted by Crippen LogP contribution is -2.18. The van der Waals surface area contributed by atoms with E-state index in [0.29, 0.717) is 11.7 Å². The fourth-order valence-corrected chi connectivity index (χ4v) is 1.30. The molecule has 0 amide bonds. The van der Waals surface area contributed by atoms with Crippen molar-refractivity contribution < 1.29 is 0 Å². The van der Waals surface area contributed by atoms with Crippen LogP contribution in [-0.4, -0.2) is 9.97 Å². The molecule has 70 valence electrons. The smallest absolute Gasteiger partial charge is 0.251 e. The first kappa shape index (κ1) is 8.44. The third-order valence-electron chi connectivity index (χ3n) is 2.21. The number of aromatic nitrogens is 2. The first-order valence-corrected chi connectivity index (χ1v) is 4.53. The van der Waals surface area contributed by atoms with E-state index in [2.05, 4.69) is 9.97 Å². The molecule has 1 atom stereocenters. The van der Waals surface area contributed by atoms with E-state index in [1.165, 1.54) is 0 Å². The molecule has 1 saturated carbocycles. The number of hydrogen-bond donors (Lipinski definition) is 2. The molecule has 13 heavy (non-hydrogen) atoms. The molecule has 2 rings (SSSR count). The summed E-state index contributed by atoms with van der Waals surface area (Å²) in [5.41, 5.74) is 6.45. The summed E-state index contributed by atoms with van der Waals surface area (Å²) in [5.74, 6) is 1.09. The fraction of sp³-hybridized carbons (Fsp3) is 0.556. The van der Waals surface area contributed by atoms with Gasteiger partial charge in [-0.3, -0.25) is 4.79 Å². The summed E-state index contributed by atoms with van der Waals surface area (Å²) in [5, 5.41) is 0. The Morgan fingerprint density at radius 2 is 2.38 bits per heavy atom. The third-order valence-corrected chi connectivity index (χ3v) is 2.21. The average molecular weight is 179 g/mol. The molecule has 1 heterocycles. The lowest BCUT2D eigenvalue weighted by atomic mass is 10.2. The second kappa shape index (κ2) is 2.96. The van der Waals surface area contributed by atoms with Crippen molar-refractivity contribution in [3.63, 3.8) is 0 Å². The van der Waals surface area contributed by atoms with Crippen LogP contribution in [0.5, 0.6) is 0 Å². The highest BCUT2D eigenvalue weighted by atomic mass is 16.1. The number of rotatable bonds is 2. The van der Waals surface area contributed by atoms with Gasteiger partial charge in [0.25, 0.3) is 5.56 Å². The molecule has 4 nitrogen and oxygen atoms in total. The molecule has 4 heteroatoms. The van der Waals surface area contributed by atoms with Crippen LogP contribution in [0.1, 0.15) is 43.2 Å². The molecule has 1 aliphatic carbocycles. The van der Waals surface area contributed by atoms with Crippen molar-refractivity contribution in [2.24, 2.45) is 5.73 Å². The van der Waals surface area contributed by atoms with E-state index in [-0.39, 0.29) is 11.6 Å². The highest BCUT2D eigenvalue weighted by Gasteiger charge is 2.25. The van der Waals surface area contributed by atoms with E-state index < -0.39 is 0 Å². The summed E-state index contributed by atoms with van der Waals surface area (Å²) in [6.07, 6.45) is 2.30. The molecule has 0 spiro atoms. The Balaban J connectivity index is 2.41. The van der Waals surface area contributed by atoms with E-state index in [4.69, 9.17) is 5.73 Å². The van der Waals surface area contributed by atoms with Crippen LogP contribution < -0.4 is 11.3 Å². The van der Waals surface area contributed by atoms with Crippen molar-refractivity contribution in [3.05, 3.63) is 27.9 Å². The highest BCUT2D eigenvalue weighted by molar-refractivity contribution is 5.14. The molecule has 0 saturated heterocycles. The second-order valence-electron chi connectivity index (χ2n) is 3.62.